The number of carbonyl (C=O) groups is 1. The Labute approximate surface area is 150 Å². The van der Waals surface area contributed by atoms with Gasteiger partial charge in [0.25, 0.3) is 5.56 Å². The van der Waals surface area contributed by atoms with Crippen LogP contribution in [0.1, 0.15) is 5.56 Å². The maximum absolute atomic E-state index is 13.0. The molecule has 0 bridgehead atoms. The smallest absolute Gasteiger partial charge is 0.253 e. The Morgan fingerprint density at radius 3 is 2.50 bits per heavy atom. The van der Waals surface area contributed by atoms with Gasteiger partial charge >= 0.3 is 0 Å². The third-order valence-corrected chi connectivity index (χ3v) is 3.90. The van der Waals surface area contributed by atoms with Gasteiger partial charge in [-0.05, 0) is 29.8 Å². The molecule has 3 rings (SSSR count). The van der Waals surface area contributed by atoms with Gasteiger partial charge < -0.3 is 5.32 Å². The quantitative estimate of drug-likeness (QED) is 0.742. The lowest BCUT2D eigenvalue weighted by atomic mass is 10.1. The number of carbonyl (C=O) groups excluding carboxylic acids is 1. The summed E-state index contributed by atoms with van der Waals surface area (Å²) in [6, 6.07) is 16.7. The average molecular weight is 351 g/mol. The standard InChI is InChI=1S/C20H18FN3O2/c21-17-8-6-16(7-9-17)18-13-20(26)24(14-23-18)11-10-22-19(25)12-15-4-2-1-3-5-15/h1-9,13-14H,10-12H2,(H,22,25). The van der Waals surface area contributed by atoms with Crippen molar-refractivity contribution in [2.24, 2.45) is 0 Å². The minimum absolute atomic E-state index is 0.0971. The molecule has 0 aliphatic carbocycles. The molecule has 0 radical (unpaired) electrons. The van der Waals surface area contributed by atoms with Crippen molar-refractivity contribution in [3.8, 4) is 11.3 Å². The van der Waals surface area contributed by atoms with Gasteiger partial charge in [-0.1, -0.05) is 30.3 Å². The van der Waals surface area contributed by atoms with E-state index in [9.17, 15) is 14.0 Å². The third kappa shape index (κ3) is 4.63. The molecular weight excluding hydrogens is 333 g/mol. The summed E-state index contributed by atoms with van der Waals surface area (Å²) in [6.45, 7) is 0.666. The van der Waals surface area contributed by atoms with E-state index < -0.39 is 0 Å². The highest BCUT2D eigenvalue weighted by molar-refractivity contribution is 5.78. The molecule has 3 aromatic rings. The molecule has 132 valence electrons. The van der Waals surface area contributed by atoms with Crippen molar-refractivity contribution >= 4 is 5.91 Å². The van der Waals surface area contributed by atoms with E-state index in [1.165, 1.54) is 29.1 Å². The molecule has 1 aromatic heterocycles. The summed E-state index contributed by atoms with van der Waals surface area (Å²) in [4.78, 5) is 28.3. The van der Waals surface area contributed by atoms with E-state index in [1.807, 2.05) is 30.3 Å². The molecule has 0 atom stereocenters. The van der Waals surface area contributed by atoms with Crippen LogP contribution in [-0.2, 0) is 17.8 Å². The second kappa shape index (κ2) is 8.20. The highest BCUT2D eigenvalue weighted by atomic mass is 19.1. The van der Waals surface area contributed by atoms with Crippen molar-refractivity contribution in [3.63, 3.8) is 0 Å². The lowest BCUT2D eigenvalue weighted by Crippen LogP contribution is -2.31. The number of halogens is 1. The van der Waals surface area contributed by atoms with Gasteiger partial charge in [0.1, 0.15) is 5.82 Å². The topological polar surface area (TPSA) is 64.0 Å². The monoisotopic (exact) mass is 351 g/mol. The van der Waals surface area contributed by atoms with Crippen LogP contribution in [0, 0.1) is 5.82 Å². The van der Waals surface area contributed by atoms with Crippen LogP contribution in [0.25, 0.3) is 11.3 Å². The molecule has 0 aliphatic heterocycles. The number of rotatable bonds is 6. The van der Waals surface area contributed by atoms with Crippen LogP contribution in [0.15, 0.2) is 71.8 Å². The van der Waals surface area contributed by atoms with E-state index >= 15 is 0 Å². The lowest BCUT2D eigenvalue weighted by molar-refractivity contribution is -0.120. The molecule has 0 saturated heterocycles. The molecule has 6 heteroatoms. The van der Waals surface area contributed by atoms with E-state index in [1.54, 1.807) is 12.1 Å². The SMILES string of the molecule is O=C(Cc1ccccc1)NCCn1cnc(-c2ccc(F)cc2)cc1=O. The van der Waals surface area contributed by atoms with Gasteiger partial charge in [0, 0.05) is 24.7 Å². The Kier molecular flexibility index (Phi) is 5.53. The van der Waals surface area contributed by atoms with Crippen LogP contribution < -0.4 is 10.9 Å². The molecule has 0 spiro atoms. The van der Waals surface area contributed by atoms with Crippen molar-refractivity contribution < 1.29 is 9.18 Å². The van der Waals surface area contributed by atoms with Gasteiger partial charge in [0.15, 0.2) is 0 Å². The Bertz CT molecular complexity index is 937. The summed E-state index contributed by atoms with van der Waals surface area (Å²) < 4.78 is 14.4. The van der Waals surface area contributed by atoms with Crippen LogP contribution in [-0.4, -0.2) is 22.0 Å². The number of benzene rings is 2. The highest BCUT2D eigenvalue weighted by Crippen LogP contribution is 2.14. The van der Waals surface area contributed by atoms with E-state index in [0.29, 0.717) is 30.8 Å². The summed E-state index contributed by atoms with van der Waals surface area (Å²) >= 11 is 0. The Morgan fingerprint density at radius 1 is 1.08 bits per heavy atom. The van der Waals surface area contributed by atoms with Gasteiger partial charge in [0.05, 0.1) is 18.4 Å². The number of amides is 1. The van der Waals surface area contributed by atoms with Crippen LogP contribution in [0.4, 0.5) is 4.39 Å². The van der Waals surface area contributed by atoms with Crippen LogP contribution in [0.5, 0.6) is 0 Å². The number of hydrogen-bond acceptors (Lipinski definition) is 3. The fraction of sp³-hybridized carbons (Fsp3) is 0.150. The molecule has 0 aliphatic rings. The fourth-order valence-corrected chi connectivity index (χ4v) is 2.53. The molecule has 0 saturated carbocycles. The van der Waals surface area contributed by atoms with Gasteiger partial charge in [-0.15, -0.1) is 0 Å². The predicted octanol–water partition coefficient (Wildman–Crippen LogP) is 2.41. The van der Waals surface area contributed by atoms with E-state index in [4.69, 9.17) is 0 Å². The second-order valence-electron chi connectivity index (χ2n) is 5.83. The van der Waals surface area contributed by atoms with Crippen molar-refractivity contribution in [2.45, 2.75) is 13.0 Å². The second-order valence-corrected chi connectivity index (χ2v) is 5.83. The normalized spacial score (nSPS) is 10.5. The Balaban J connectivity index is 1.56. The largest absolute Gasteiger partial charge is 0.354 e. The predicted molar refractivity (Wildman–Crippen MR) is 97.0 cm³/mol. The Hall–Kier alpha value is -3.28. The van der Waals surface area contributed by atoms with Crippen molar-refractivity contribution in [2.75, 3.05) is 6.54 Å². The minimum atomic E-state index is -0.340. The van der Waals surface area contributed by atoms with Gasteiger partial charge in [0.2, 0.25) is 5.91 Å². The van der Waals surface area contributed by atoms with Crippen LogP contribution >= 0.6 is 0 Å². The highest BCUT2D eigenvalue weighted by Gasteiger charge is 2.05. The third-order valence-electron chi connectivity index (χ3n) is 3.90. The molecule has 26 heavy (non-hydrogen) atoms. The number of aromatic nitrogens is 2. The van der Waals surface area contributed by atoms with Crippen LogP contribution in [0.3, 0.4) is 0 Å². The summed E-state index contributed by atoms with van der Waals surface area (Å²) in [5.41, 5.74) is 1.87. The fourth-order valence-electron chi connectivity index (χ4n) is 2.53. The molecule has 0 fully saturated rings. The first-order chi connectivity index (χ1) is 12.6. The zero-order valence-corrected chi connectivity index (χ0v) is 14.1. The molecule has 1 amide bonds. The van der Waals surface area contributed by atoms with E-state index in [0.717, 1.165) is 5.56 Å². The maximum atomic E-state index is 13.0. The maximum Gasteiger partial charge on any atom is 0.253 e. The minimum Gasteiger partial charge on any atom is -0.354 e. The summed E-state index contributed by atoms with van der Waals surface area (Å²) in [5.74, 6) is -0.437. The molecule has 2 aromatic carbocycles. The average Bonchev–Trinajstić information content (AvgIpc) is 2.64. The zero-order chi connectivity index (χ0) is 18.4. The number of hydrogen-bond donors (Lipinski definition) is 1. The summed E-state index contributed by atoms with van der Waals surface area (Å²) in [5, 5.41) is 2.79. The van der Waals surface area contributed by atoms with Crippen molar-refractivity contribution in [1.29, 1.82) is 0 Å². The van der Waals surface area contributed by atoms with E-state index in [-0.39, 0.29) is 17.3 Å². The van der Waals surface area contributed by atoms with E-state index in [2.05, 4.69) is 10.3 Å². The van der Waals surface area contributed by atoms with Gasteiger partial charge in [-0.3, -0.25) is 14.2 Å². The first kappa shape index (κ1) is 17.5. The number of nitrogens with zero attached hydrogens (tertiary/aromatic N) is 2. The molecular formula is C20H18FN3O2. The van der Waals surface area contributed by atoms with Gasteiger partial charge in [-0.25, -0.2) is 9.37 Å². The zero-order valence-electron chi connectivity index (χ0n) is 14.1. The van der Waals surface area contributed by atoms with Gasteiger partial charge in [-0.2, -0.15) is 0 Å². The lowest BCUT2D eigenvalue weighted by Gasteiger charge is -2.08. The summed E-state index contributed by atoms with van der Waals surface area (Å²) in [6.07, 6.45) is 1.74. The first-order valence-corrected chi connectivity index (χ1v) is 8.25. The first-order valence-electron chi connectivity index (χ1n) is 8.25. The molecule has 0 unspecified atom stereocenters. The van der Waals surface area contributed by atoms with Crippen molar-refractivity contribution in [1.82, 2.24) is 14.9 Å². The Morgan fingerprint density at radius 2 is 1.81 bits per heavy atom. The number of nitrogens with one attached hydrogen (secondary N) is 1. The van der Waals surface area contributed by atoms with Crippen LogP contribution in [0.2, 0.25) is 0 Å². The molecule has 5 nitrogen and oxygen atoms in total. The molecule has 1 heterocycles. The molecule has 1 N–H and O–H groups in total. The van der Waals surface area contributed by atoms with Crippen molar-refractivity contribution in [3.05, 3.63) is 88.7 Å². The summed E-state index contributed by atoms with van der Waals surface area (Å²) in [7, 11) is 0.